The number of aryl methyl sites for hydroxylation is 1. The van der Waals surface area contributed by atoms with Crippen LogP contribution in [0.5, 0.6) is 17.2 Å². The van der Waals surface area contributed by atoms with Crippen molar-refractivity contribution in [2.75, 3.05) is 20.8 Å². The molecular weight excluding hydrogens is 396 g/mol. The molecule has 164 valence electrons. The second-order valence-corrected chi connectivity index (χ2v) is 8.06. The van der Waals surface area contributed by atoms with Gasteiger partial charge in [0.05, 0.1) is 20.8 Å². The molecule has 0 aliphatic heterocycles. The van der Waals surface area contributed by atoms with Crippen molar-refractivity contribution >= 4 is 11.8 Å². The molecule has 0 bridgehead atoms. The lowest BCUT2D eigenvalue weighted by Crippen LogP contribution is -2.32. The maximum absolute atomic E-state index is 12.7. The van der Waals surface area contributed by atoms with Crippen molar-refractivity contribution < 1.29 is 28.5 Å². The Balaban J connectivity index is 1.72. The van der Waals surface area contributed by atoms with E-state index in [1.807, 2.05) is 30.3 Å². The molecule has 0 aromatic heterocycles. The van der Waals surface area contributed by atoms with Gasteiger partial charge in [0, 0.05) is 30.4 Å². The van der Waals surface area contributed by atoms with E-state index in [0.29, 0.717) is 43.1 Å². The second kappa shape index (κ2) is 8.61. The van der Waals surface area contributed by atoms with Crippen molar-refractivity contribution in [1.82, 2.24) is 0 Å². The molecule has 6 heteroatoms. The molecule has 2 aromatic rings. The fourth-order valence-electron chi connectivity index (χ4n) is 3.95. The number of ether oxygens (including phenoxy) is 4. The molecule has 0 heterocycles. The predicted octanol–water partition coefficient (Wildman–Crippen LogP) is 4.75. The van der Waals surface area contributed by atoms with Gasteiger partial charge in [-0.25, -0.2) is 4.79 Å². The molecule has 0 N–H and O–H groups in total. The number of hydrogen-bond acceptors (Lipinski definition) is 6. The summed E-state index contributed by atoms with van der Waals surface area (Å²) in [5.74, 6) is 1.25. The smallest absolute Gasteiger partial charge is 0.350 e. The normalized spacial score (nSPS) is 15.9. The average Bonchev–Trinajstić information content (AvgIpc) is 3.48. The van der Waals surface area contributed by atoms with Crippen LogP contribution >= 0.6 is 0 Å². The van der Waals surface area contributed by atoms with Gasteiger partial charge in [0.2, 0.25) is 11.4 Å². The van der Waals surface area contributed by atoms with Crippen molar-refractivity contribution in [1.29, 1.82) is 0 Å². The molecule has 2 aromatic carbocycles. The van der Waals surface area contributed by atoms with Crippen LogP contribution in [0.2, 0.25) is 0 Å². The molecule has 0 amide bonds. The number of Topliss-reactive ketones (excluding diaryl/α,β-unsaturated/α-hetero) is 1. The van der Waals surface area contributed by atoms with Gasteiger partial charge in [-0.1, -0.05) is 31.5 Å². The summed E-state index contributed by atoms with van der Waals surface area (Å²) in [5, 5.41) is 0. The Morgan fingerprint density at radius 1 is 1.00 bits per heavy atom. The Morgan fingerprint density at radius 2 is 1.77 bits per heavy atom. The fraction of sp³-hybridized carbons (Fsp3) is 0.440. The molecule has 2 aliphatic carbocycles. The summed E-state index contributed by atoms with van der Waals surface area (Å²) in [7, 11) is 3.11. The van der Waals surface area contributed by atoms with E-state index in [-0.39, 0.29) is 11.8 Å². The van der Waals surface area contributed by atoms with Crippen molar-refractivity contribution in [3.63, 3.8) is 0 Å². The van der Waals surface area contributed by atoms with Gasteiger partial charge in [-0.3, -0.25) is 4.79 Å². The van der Waals surface area contributed by atoms with E-state index in [0.717, 1.165) is 41.5 Å². The van der Waals surface area contributed by atoms with E-state index in [4.69, 9.17) is 18.9 Å². The molecule has 31 heavy (non-hydrogen) atoms. The molecule has 0 saturated heterocycles. The maximum atomic E-state index is 12.7. The third-order valence-corrected chi connectivity index (χ3v) is 5.94. The lowest BCUT2D eigenvalue weighted by molar-refractivity contribution is -0.154. The summed E-state index contributed by atoms with van der Waals surface area (Å²) < 4.78 is 22.9. The number of ketones is 1. The van der Waals surface area contributed by atoms with E-state index in [1.165, 1.54) is 0 Å². The highest BCUT2D eigenvalue weighted by Crippen LogP contribution is 2.51. The highest BCUT2D eigenvalue weighted by atomic mass is 16.6. The molecule has 6 nitrogen and oxygen atoms in total. The third-order valence-electron chi connectivity index (χ3n) is 5.94. The monoisotopic (exact) mass is 424 g/mol. The molecular formula is C25H28O6. The van der Waals surface area contributed by atoms with Gasteiger partial charge >= 0.3 is 5.97 Å². The lowest BCUT2D eigenvalue weighted by atomic mass is 9.99. The molecule has 0 unspecified atom stereocenters. The molecule has 0 atom stereocenters. The number of esters is 1. The lowest BCUT2D eigenvalue weighted by Gasteiger charge is -2.22. The summed E-state index contributed by atoms with van der Waals surface area (Å²) in [4.78, 5) is 24.8. The minimum Gasteiger partial charge on any atom is -0.493 e. The van der Waals surface area contributed by atoms with Crippen LogP contribution < -0.4 is 14.2 Å². The summed E-state index contributed by atoms with van der Waals surface area (Å²) >= 11 is 0. The van der Waals surface area contributed by atoms with Gasteiger partial charge in [-0.15, -0.1) is 0 Å². The zero-order valence-electron chi connectivity index (χ0n) is 18.3. The van der Waals surface area contributed by atoms with E-state index >= 15 is 0 Å². The minimum atomic E-state index is -0.991. The molecule has 1 saturated carbocycles. The van der Waals surface area contributed by atoms with Crippen molar-refractivity contribution in [2.45, 2.75) is 51.0 Å². The number of rotatable bonds is 9. The topological polar surface area (TPSA) is 71.1 Å². The number of carbonyl (C=O) groups excluding carboxylic acids is 2. The largest absolute Gasteiger partial charge is 0.493 e. The minimum absolute atomic E-state index is 0.178. The Kier molecular flexibility index (Phi) is 5.90. The predicted molar refractivity (Wildman–Crippen MR) is 116 cm³/mol. The van der Waals surface area contributed by atoms with E-state index in [9.17, 15) is 9.59 Å². The molecule has 2 aliphatic rings. The van der Waals surface area contributed by atoms with Crippen LogP contribution in [-0.4, -0.2) is 38.2 Å². The number of hydrogen-bond donors (Lipinski definition) is 0. The Bertz CT molecular complexity index is 1010. The highest BCUT2D eigenvalue weighted by molar-refractivity contribution is 6.01. The van der Waals surface area contributed by atoms with Crippen LogP contribution in [0.15, 0.2) is 30.3 Å². The zero-order valence-corrected chi connectivity index (χ0v) is 18.3. The van der Waals surface area contributed by atoms with Gasteiger partial charge in [0.1, 0.15) is 0 Å². The number of fused-ring (bicyclic) bond motifs is 1. The van der Waals surface area contributed by atoms with E-state index < -0.39 is 5.60 Å². The van der Waals surface area contributed by atoms with Crippen LogP contribution in [0.25, 0.3) is 11.1 Å². The summed E-state index contributed by atoms with van der Waals surface area (Å²) in [6.45, 7) is 2.44. The van der Waals surface area contributed by atoms with Gasteiger partial charge in [0.15, 0.2) is 17.3 Å². The number of benzene rings is 2. The van der Waals surface area contributed by atoms with Gasteiger partial charge in [-0.2, -0.15) is 0 Å². The number of carbonyl (C=O) groups is 2. The maximum Gasteiger partial charge on any atom is 0.350 e. The SMILES string of the molecule is CCCCOC(=O)C1(Oc2c(-c3ccc4c(c3)CCC4=O)ccc(OC)c2OC)CC1. The highest BCUT2D eigenvalue weighted by Gasteiger charge is 2.55. The van der Waals surface area contributed by atoms with Crippen LogP contribution in [0.4, 0.5) is 0 Å². The van der Waals surface area contributed by atoms with Crippen molar-refractivity contribution in [3.05, 3.63) is 41.5 Å². The first-order valence-electron chi connectivity index (χ1n) is 10.8. The molecule has 1 fully saturated rings. The zero-order chi connectivity index (χ0) is 22.0. The first kappa shape index (κ1) is 21.2. The summed E-state index contributed by atoms with van der Waals surface area (Å²) in [6.07, 6.45) is 4.24. The van der Waals surface area contributed by atoms with Crippen LogP contribution in [0.3, 0.4) is 0 Å². The number of unbranched alkanes of at least 4 members (excludes halogenated alkanes) is 1. The van der Waals surface area contributed by atoms with Crippen molar-refractivity contribution in [2.24, 2.45) is 0 Å². The van der Waals surface area contributed by atoms with E-state index in [2.05, 4.69) is 6.92 Å². The molecule has 0 spiro atoms. The first-order chi connectivity index (χ1) is 15.0. The first-order valence-corrected chi connectivity index (χ1v) is 10.8. The molecule has 4 rings (SSSR count). The Hall–Kier alpha value is -3.02. The quantitative estimate of drug-likeness (QED) is 0.427. The Morgan fingerprint density at radius 3 is 2.45 bits per heavy atom. The Labute approximate surface area is 182 Å². The summed E-state index contributed by atoms with van der Waals surface area (Å²) in [5.41, 5.74) is 2.51. The third kappa shape index (κ3) is 3.99. The van der Waals surface area contributed by atoms with Crippen LogP contribution in [0.1, 0.15) is 54.9 Å². The summed E-state index contributed by atoms with van der Waals surface area (Å²) in [6, 6.07) is 9.52. The van der Waals surface area contributed by atoms with Gasteiger partial charge < -0.3 is 18.9 Å². The fourth-order valence-corrected chi connectivity index (χ4v) is 3.95. The van der Waals surface area contributed by atoms with Crippen LogP contribution in [-0.2, 0) is 16.0 Å². The van der Waals surface area contributed by atoms with Crippen LogP contribution in [0, 0.1) is 0 Å². The standard InChI is InChI=1S/C25H28O6/c1-4-5-14-30-24(27)25(12-13-25)31-22-19(9-11-21(28-2)23(22)29-3)17-6-8-18-16(15-17)7-10-20(18)26/h6,8-9,11,15H,4-5,7,10,12-14H2,1-3H3. The van der Waals surface area contributed by atoms with Crippen molar-refractivity contribution in [3.8, 4) is 28.4 Å². The second-order valence-electron chi connectivity index (χ2n) is 8.06. The number of methoxy groups -OCH3 is 2. The average molecular weight is 424 g/mol. The van der Waals surface area contributed by atoms with Gasteiger partial charge in [0.25, 0.3) is 0 Å². The molecule has 0 radical (unpaired) electrons. The van der Waals surface area contributed by atoms with Gasteiger partial charge in [-0.05, 0) is 36.1 Å². The van der Waals surface area contributed by atoms with E-state index in [1.54, 1.807) is 14.2 Å².